The first kappa shape index (κ1) is 20.9. The van der Waals surface area contributed by atoms with E-state index in [1.807, 2.05) is 6.33 Å². The SMILES string of the molecule is CCNC(=NCC12CC3CC(CC(C3)C1)C2)NCCn1cnnc1CC.I. The molecule has 27 heavy (non-hydrogen) atoms. The summed E-state index contributed by atoms with van der Waals surface area (Å²) in [7, 11) is 0. The Labute approximate surface area is 180 Å². The molecule has 6 nitrogen and oxygen atoms in total. The van der Waals surface area contributed by atoms with Gasteiger partial charge < -0.3 is 15.2 Å². The quantitative estimate of drug-likeness (QED) is 0.353. The minimum Gasteiger partial charge on any atom is -0.357 e. The van der Waals surface area contributed by atoms with Crippen LogP contribution in [0, 0.1) is 23.2 Å². The van der Waals surface area contributed by atoms with Crippen molar-refractivity contribution in [1.29, 1.82) is 0 Å². The number of guanidine groups is 1. The summed E-state index contributed by atoms with van der Waals surface area (Å²) in [6, 6.07) is 0. The number of rotatable bonds is 7. The lowest BCUT2D eigenvalue weighted by Crippen LogP contribution is -2.48. The van der Waals surface area contributed by atoms with Crippen molar-refractivity contribution < 1.29 is 0 Å². The summed E-state index contributed by atoms with van der Waals surface area (Å²) in [5.74, 6) is 4.99. The topological polar surface area (TPSA) is 67.1 Å². The van der Waals surface area contributed by atoms with Gasteiger partial charge in [-0.15, -0.1) is 34.2 Å². The molecule has 7 heteroatoms. The second-order valence-corrected chi connectivity index (χ2v) is 8.83. The van der Waals surface area contributed by atoms with E-state index in [4.69, 9.17) is 4.99 Å². The molecule has 1 aromatic heterocycles. The van der Waals surface area contributed by atoms with E-state index in [2.05, 4.69) is 39.2 Å². The first-order valence-electron chi connectivity index (χ1n) is 10.6. The average Bonchev–Trinajstić information content (AvgIpc) is 3.06. The molecule has 4 aliphatic rings. The van der Waals surface area contributed by atoms with Gasteiger partial charge in [-0.2, -0.15) is 0 Å². The summed E-state index contributed by atoms with van der Waals surface area (Å²) < 4.78 is 2.12. The minimum atomic E-state index is 0. The Morgan fingerprint density at radius 2 is 1.81 bits per heavy atom. The third-order valence-corrected chi connectivity index (χ3v) is 6.74. The van der Waals surface area contributed by atoms with Gasteiger partial charge in [0.15, 0.2) is 5.96 Å². The number of halogens is 1. The van der Waals surface area contributed by atoms with Crippen LogP contribution in [-0.2, 0) is 13.0 Å². The number of aromatic nitrogens is 3. The molecule has 152 valence electrons. The average molecular weight is 486 g/mol. The molecule has 0 radical (unpaired) electrons. The van der Waals surface area contributed by atoms with E-state index < -0.39 is 0 Å². The third kappa shape index (κ3) is 4.77. The van der Waals surface area contributed by atoms with Gasteiger partial charge in [0.05, 0.1) is 0 Å². The highest BCUT2D eigenvalue weighted by Gasteiger charge is 2.50. The van der Waals surface area contributed by atoms with Gasteiger partial charge in [0.1, 0.15) is 12.2 Å². The first-order chi connectivity index (χ1) is 12.7. The van der Waals surface area contributed by atoms with Gasteiger partial charge in [-0.1, -0.05) is 6.92 Å². The van der Waals surface area contributed by atoms with E-state index in [0.29, 0.717) is 5.41 Å². The third-order valence-electron chi connectivity index (χ3n) is 6.74. The molecule has 0 aliphatic heterocycles. The number of hydrogen-bond donors (Lipinski definition) is 2. The van der Waals surface area contributed by atoms with Gasteiger partial charge in [0.25, 0.3) is 0 Å². The molecule has 0 amide bonds. The fraction of sp³-hybridized carbons (Fsp3) is 0.850. The molecule has 1 heterocycles. The molecule has 4 aliphatic carbocycles. The van der Waals surface area contributed by atoms with E-state index in [0.717, 1.165) is 62.1 Å². The van der Waals surface area contributed by atoms with Crippen molar-refractivity contribution in [3.8, 4) is 0 Å². The predicted molar refractivity (Wildman–Crippen MR) is 119 cm³/mol. The maximum Gasteiger partial charge on any atom is 0.191 e. The molecule has 4 saturated carbocycles. The summed E-state index contributed by atoms with van der Waals surface area (Å²) >= 11 is 0. The monoisotopic (exact) mass is 486 g/mol. The first-order valence-corrected chi connectivity index (χ1v) is 10.6. The van der Waals surface area contributed by atoms with Crippen LogP contribution in [-0.4, -0.2) is 40.4 Å². The molecular weight excluding hydrogens is 451 g/mol. The lowest BCUT2D eigenvalue weighted by Gasteiger charge is -2.56. The van der Waals surface area contributed by atoms with Gasteiger partial charge >= 0.3 is 0 Å². The smallest absolute Gasteiger partial charge is 0.191 e. The van der Waals surface area contributed by atoms with E-state index in [1.165, 1.54) is 38.5 Å². The van der Waals surface area contributed by atoms with Crippen molar-refractivity contribution in [2.45, 2.75) is 65.3 Å². The summed E-state index contributed by atoms with van der Waals surface area (Å²) in [6.07, 6.45) is 11.5. The molecule has 1 aromatic rings. The van der Waals surface area contributed by atoms with Crippen LogP contribution >= 0.6 is 24.0 Å². The zero-order valence-electron chi connectivity index (χ0n) is 16.8. The molecule has 0 aromatic carbocycles. The standard InChI is InChI=1S/C20H34N6.HI/c1-3-18-25-24-14-26(18)6-5-22-19(21-4-2)23-13-20-10-15-7-16(11-20)9-17(8-15)12-20;/h14-17H,3-13H2,1-2H3,(H2,21,22,23);1H. The normalized spacial score (nSPS) is 31.6. The number of aryl methyl sites for hydroxylation is 1. The molecular formula is C20H35IN6. The van der Waals surface area contributed by atoms with Crippen LogP contribution in [0.4, 0.5) is 0 Å². The van der Waals surface area contributed by atoms with Gasteiger partial charge in [-0.05, 0) is 68.6 Å². The van der Waals surface area contributed by atoms with E-state index in [-0.39, 0.29) is 24.0 Å². The minimum absolute atomic E-state index is 0. The van der Waals surface area contributed by atoms with Crippen LogP contribution in [0.15, 0.2) is 11.3 Å². The Bertz CT molecular complexity index is 605. The van der Waals surface area contributed by atoms with Crippen molar-refractivity contribution in [3.05, 3.63) is 12.2 Å². The molecule has 0 saturated heterocycles. The van der Waals surface area contributed by atoms with Crippen molar-refractivity contribution >= 4 is 29.9 Å². The highest BCUT2D eigenvalue weighted by molar-refractivity contribution is 14.0. The van der Waals surface area contributed by atoms with Crippen molar-refractivity contribution in [1.82, 2.24) is 25.4 Å². The Balaban J connectivity index is 0.00000210. The zero-order chi connectivity index (χ0) is 18.0. The molecule has 0 spiro atoms. The van der Waals surface area contributed by atoms with Gasteiger partial charge in [-0.3, -0.25) is 4.99 Å². The highest BCUT2D eigenvalue weighted by atomic mass is 127. The Hall–Kier alpha value is -0.860. The second-order valence-electron chi connectivity index (χ2n) is 8.83. The Morgan fingerprint density at radius 1 is 1.15 bits per heavy atom. The summed E-state index contributed by atoms with van der Waals surface area (Å²) in [5, 5.41) is 15.1. The predicted octanol–water partition coefficient (Wildman–Crippen LogP) is 3.23. The zero-order valence-corrected chi connectivity index (χ0v) is 19.1. The van der Waals surface area contributed by atoms with Crippen LogP contribution in [0.3, 0.4) is 0 Å². The van der Waals surface area contributed by atoms with Crippen LogP contribution in [0.1, 0.15) is 58.2 Å². The van der Waals surface area contributed by atoms with E-state index in [9.17, 15) is 0 Å². The Morgan fingerprint density at radius 3 is 2.41 bits per heavy atom. The van der Waals surface area contributed by atoms with E-state index in [1.54, 1.807) is 0 Å². The highest BCUT2D eigenvalue weighted by Crippen LogP contribution is 2.60. The molecule has 4 fully saturated rings. The largest absolute Gasteiger partial charge is 0.357 e. The summed E-state index contributed by atoms with van der Waals surface area (Å²) in [6.45, 7) is 7.87. The van der Waals surface area contributed by atoms with Crippen LogP contribution < -0.4 is 10.6 Å². The number of hydrogen-bond acceptors (Lipinski definition) is 3. The van der Waals surface area contributed by atoms with Crippen LogP contribution in [0.25, 0.3) is 0 Å². The lowest BCUT2D eigenvalue weighted by atomic mass is 9.49. The molecule has 0 atom stereocenters. The maximum atomic E-state index is 5.02. The molecule has 5 rings (SSSR count). The van der Waals surface area contributed by atoms with E-state index >= 15 is 0 Å². The number of nitrogens with zero attached hydrogens (tertiary/aromatic N) is 4. The van der Waals surface area contributed by atoms with Crippen LogP contribution in [0.2, 0.25) is 0 Å². The summed E-state index contributed by atoms with van der Waals surface area (Å²) in [4.78, 5) is 5.02. The molecule has 2 N–H and O–H groups in total. The fourth-order valence-electron chi connectivity index (χ4n) is 6.11. The summed E-state index contributed by atoms with van der Waals surface area (Å²) in [5.41, 5.74) is 0.501. The lowest BCUT2D eigenvalue weighted by molar-refractivity contribution is -0.0465. The van der Waals surface area contributed by atoms with Gasteiger partial charge in [0.2, 0.25) is 0 Å². The van der Waals surface area contributed by atoms with Crippen molar-refractivity contribution in [2.24, 2.45) is 28.2 Å². The molecule has 0 unspecified atom stereocenters. The maximum absolute atomic E-state index is 5.02. The fourth-order valence-corrected chi connectivity index (χ4v) is 6.11. The van der Waals surface area contributed by atoms with Crippen molar-refractivity contribution in [3.63, 3.8) is 0 Å². The molecule has 4 bridgehead atoms. The van der Waals surface area contributed by atoms with Crippen molar-refractivity contribution in [2.75, 3.05) is 19.6 Å². The number of aliphatic imine (C=N–C) groups is 1. The number of nitrogens with one attached hydrogen (secondary N) is 2. The van der Waals surface area contributed by atoms with Gasteiger partial charge in [0, 0.05) is 32.6 Å². The Kier molecular flexibility index (Phi) is 7.03. The second kappa shape index (κ2) is 9.09. The van der Waals surface area contributed by atoms with Gasteiger partial charge in [-0.25, -0.2) is 0 Å². The van der Waals surface area contributed by atoms with Crippen LogP contribution in [0.5, 0.6) is 0 Å².